The summed E-state index contributed by atoms with van der Waals surface area (Å²) >= 11 is 0. The van der Waals surface area contributed by atoms with Crippen LogP contribution in [0.4, 0.5) is 24.5 Å². The molecule has 5 nitrogen and oxygen atoms in total. The minimum atomic E-state index is -4.53. The lowest BCUT2D eigenvalue weighted by Gasteiger charge is -2.29. The van der Waals surface area contributed by atoms with Crippen LogP contribution in [-0.4, -0.2) is 18.4 Å². The van der Waals surface area contributed by atoms with Crippen molar-refractivity contribution in [3.05, 3.63) is 59.2 Å². The Labute approximate surface area is 172 Å². The van der Waals surface area contributed by atoms with Crippen LogP contribution in [0.25, 0.3) is 0 Å². The number of halogens is 4. The minimum Gasteiger partial charge on any atom is -0.326 e. The first-order chi connectivity index (χ1) is 13.3. The molecule has 1 aliphatic rings. The van der Waals surface area contributed by atoms with E-state index < -0.39 is 17.6 Å². The molecule has 2 aromatic rings. The fourth-order valence-corrected chi connectivity index (χ4v) is 3.22. The lowest BCUT2D eigenvalue weighted by Crippen LogP contribution is -2.37. The van der Waals surface area contributed by atoms with Gasteiger partial charge in [-0.1, -0.05) is 18.2 Å². The number of carbonyl (C=O) groups is 2. The first kappa shape index (κ1) is 22.7. The van der Waals surface area contributed by atoms with Gasteiger partial charge in [-0.2, -0.15) is 13.2 Å². The predicted molar refractivity (Wildman–Crippen MR) is 107 cm³/mol. The third-order valence-corrected chi connectivity index (χ3v) is 4.59. The van der Waals surface area contributed by atoms with Crippen LogP contribution in [0.5, 0.6) is 0 Å². The smallest absolute Gasteiger partial charge is 0.326 e. The van der Waals surface area contributed by atoms with Crippen LogP contribution >= 0.6 is 12.4 Å². The molecule has 0 saturated heterocycles. The van der Waals surface area contributed by atoms with Gasteiger partial charge >= 0.3 is 6.18 Å². The van der Waals surface area contributed by atoms with Crippen LogP contribution in [-0.2, 0) is 28.7 Å². The van der Waals surface area contributed by atoms with Crippen molar-refractivity contribution in [2.45, 2.75) is 32.0 Å². The lowest BCUT2D eigenvalue weighted by molar-refractivity contribution is -0.137. The molecule has 1 aliphatic heterocycles. The second kappa shape index (κ2) is 9.28. The van der Waals surface area contributed by atoms with Crippen LogP contribution in [0.1, 0.15) is 29.5 Å². The highest BCUT2D eigenvalue weighted by atomic mass is 35.5. The molecule has 0 radical (unpaired) electrons. The van der Waals surface area contributed by atoms with E-state index in [4.69, 9.17) is 5.73 Å². The zero-order chi connectivity index (χ0) is 20.3. The first-order valence-corrected chi connectivity index (χ1v) is 8.87. The van der Waals surface area contributed by atoms with Gasteiger partial charge in [0.25, 0.3) is 0 Å². The highest BCUT2D eigenvalue weighted by Crippen LogP contribution is 2.32. The summed E-state index contributed by atoms with van der Waals surface area (Å²) in [4.78, 5) is 26.0. The number of aryl methyl sites for hydroxylation is 1. The minimum absolute atomic E-state index is 0. The SMILES string of the molecule is Cl.NCc1cc(NC(=O)CCN2C(=O)CCc3ccccc32)cc(C(F)(F)F)c1. The molecule has 0 saturated carbocycles. The molecule has 9 heteroatoms. The highest BCUT2D eigenvalue weighted by molar-refractivity contribution is 5.98. The van der Waals surface area contributed by atoms with Gasteiger partial charge in [-0.15, -0.1) is 12.4 Å². The van der Waals surface area contributed by atoms with Gasteiger partial charge < -0.3 is 16.0 Å². The number of anilines is 2. The molecule has 3 rings (SSSR count). The third kappa shape index (κ3) is 5.48. The fraction of sp³-hybridized carbons (Fsp3) is 0.300. The molecule has 29 heavy (non-hydrogen) atoms. The Morgan fingerprint density at radius 2 is 1.86 bits per heavy atom. The summed E-state index contributed by atoms with van der Waals surface area (Å²) in [5.74, 6) is -0.547. The maximum Gasteiger partial charge on any atom is 0.416 e. The van der Waals surface area contributed by atoms with E-state index in [9.17, 15) is 22.8 Å². The Kier molecular flexibility index (Phi) is 7.26. The van der Waals surface area contributed by atoms with Crippen LogP contribution in [0.15, 0.2) is 42.5 Å². The Bertz CT molecular complexity index is 903. The molecular formula is C20H21ClF3N3O2. The van der Waals surface area contributed by atoms with Crippen molar-refractivity contribution in [3.8, 4) is 0 Å². The number of hydrogen-bond acceptors (Lipinski definition) is 3. The summed E-state index contributed by atoms with van der Waals surface area (Å²) in [7, 11) is 0. The van der Waals surface area contributed by atoms with E-state index in [1.807, 2.05) is 24.3 Å². The van der Waals surface area contributed by atoms with Crippen molar-refractivity contribution in [1.29, 1.82) is 0 Å². The number of nitrogens with one attached hydrogen (secondary N) is 1. The van der Waals surface area contributed by atoms with Crippen molar-refractivity contribution in [2.75, 3.05) is 16.8 Å². The van der Waals surface area contributed by atoms with E-state index >= 15 is 0 Å². The van der Waals surface area contributed by atoms with E-state index in [0.717, 1.165) is 23.4 Å². The van der Waals surface area contributed by atoms with E-state index in [1.54, 1.807) is 4.90 Å². The molecular weight excluding hydrogens is 407 g/mol. The Hall–Kier alpha value is -2.58. The van der Waals surface area contributed by atoms with Gasteiger partial charge in [-0.25, -0.2) is 0 Å². The molecule has 0 aromatic heterocycles. The summed E-state index contributed by atoms with van der Waals surface area (Å²) in [5.41, 5.74) is 6.70. The molecule has 2 amide bonds. The Balaban J connectivity index is 0.00000300. The van der Waals surface area contributed by atoms with Crippen molar-refractivity contribution in [2.24, 2.45) is 5.73 Å². The largest absolute Gasteiger partial charge is 0.416 e. The number of nitrogens with zero attached hydrogens (tertiary/aromatic N) is 1. The summed E-state index contributed by atoms with van der Waals surface area (Å²) < 4.78 is 39.0. The summed E-state index contributed by atoms with van der Waals surface area (Å²) in [6.45, 7) is 0.0796. The number of alkyl halides is 3. The average Bonchev–Trinajstić information content (AvgIpc) is 2.66. The van der Waals surface area contributed by atoms with Crippen LogP contribution in [0, 0.1) is 0 Å². The maximum atomic E-state index is 13.0. The fourth-order valence-electron chi connectivity index (χ4n) is 3.22. The quantitative estimate of drug-likeness (QED) is 0.760. The van der Waals surface area contributed by atoms with Gasteiger partial charge in [-0.05, 0) is 41.8 Å². The van der Waals surface area contributed by atoms with E-state index in [0.29, 0.717) is 12.8 Å². The number of nitrogens with two attached hydrogens (primary N) is 1. The van der Waals surface area contributed by atoms with Gasteiger partial charge in [0.2, 0.25) is 11.8 Å². The lowest BCUT2D eigenvalue weighted by atomic mass is 10.0. The van der Waals surface area contributed by atoms with Gasteiger partial charge in [0.1, 0.15) is 0 Å². The number of para-hydroxylation sites is 1. The number of fused-ring (bicyclic) bond motifs is 1. The van der Waals surface area contributed by atoms with Crippen molar-refractivity contribution in [1.82, 2.24) is 0 Å². The standard InChI is InChI=1S/C20H20F3N3O2.ClH/c21-20(22,23)15-9-13(12-24)10-16(11-15)25-18(27)7-8-26-17-4-2-1-3-14(17)5-6-19(26)28;/h1-4,9-11H,5-8,12,24H2,(H,25,27);1H. The molecule has 0 unspecified atom stereocenters. The number of rotatable bonds is 5. The summed E-state index contributed by atoms with van der Waals surface area (Å²) in [6, 6.07) is 10.7. The van der Waals surface area contributed by atoms with Crippen LogP contribution in [0.2, 0.25) is 0 Å². The zero-order valence-electron chi connectivity index (χ0n) is 15.5. The van der Waals surface area contributed by atoms with E-state index in [-0.39, 0.29) is 49.1 Å². The zero-order valence-corrected chi connectivity index (χ0v) is 16.3. The van der Waals surface area contributed by atoms with Gasteiger partial charge in [0.15, 0.2) is 0 Å². The predicted octanol–water partition coefficient (Wildman–Crippen LogP) is 3.89. The molecule has 156 valence electrons. The van der Waals surface area contributed by atoms with Gasteiger partial charge in [-0.3, -0.25) is 9.59 Å². The molecule has 0 fully saturated rings. The number of carbonyl (C=O) groups excluding carboxylic acids is 2. The highest BCUT2D eigenvalue weighted by Gasteiger charge is 2.31. The van der Waals surface area contributed by atoms with Gasteiger partial charge in [0, 0.05) is 37.3 Å². The van der Waals surface area contributed by atoms with Crippen molar-refractivity contribution < 1.29 is 22.8 Å². The van der Waals surface area contributed by atoms with Gasteiger partial charge in [0.05, 0.1) is 5.56 Å². The second-order valence-corrected chi connectivity index (χ2v) is 6.59. The average molecular weight is 428 g/mol. The van der Waals surface area contributed by atoms with Crippen LogP contribution < -0.4 is 16.0 Å². The molecule has 0 spiro atoms. The molecule has 2 aromatic carbocycles. The van der Waals surface area contributed by atoms with Crippen molar-refractivity contribution in [3.63, 3.8) is 0 Å². The van der Waals surface area contributed by atoms with E-state index in [1.165, 1.54) is 6.07 Å². The van der Waals surface area contributed by atoms with E-state index in [2.05, 4.69) is 5.32 Å². The summed E-state index contributed by atoms with van der Waals surface area (Å²) in [6.07, 6.45) is -3.54. The molecule has 0 atom stereocenters. The normalized spacial score (nSPS) is 13.5. The number of amides is 2. The Morgan fingerprint density at radius 3 is 2.55 bits per heavy atom. The van der Waals surface area contributed by atoms with Crippen LogP contribution in [0.3, 0.4) is 0 Å². The molecule has 1 heterocycles. The number of hydrogen-bond donors (Lipinski definition) is 2. The monoisotopic (exact) mass is 427 g/mol. The molecule has 0 aliphatic carbocycles. The topological polar surface area (TPSA) is 75.4 Å². The van der Waals surface area contributed by atoms with Crippen molar-refractivity contribution >= 4 is 35.6 Å². The maximum absolute atomic E-state index is 13.0. The molecule has 3 N–H and O–H groups in total. The third-order valence-electron chi connectivity index (χ3n) is 4.59. The molecule has 0 bridgehead atoms. The second-order valence-electron chi connectivity index (χ2n) is 6.59. The first-order valence-electron chi connectivity index (χ1n) is 8.87. The number of benzene rings is 2. The Morgan fingerprint density at radius 1 is 1.14 bits per heavy atom. The summed E-state index contributed by atoms with van der Waals surface area (Å²) in [5, 5.41) is 2.48.